The number of piperidine rings is 1. The highest BCUT2D eigenvalue weighted by molar-refractivity contribution is 5.99. The van der Waals surface area contributed by atoms with Gasteiger partial charge in [0.2, 0.25) is 5.78 Å². The monoisotopic (exact) mass is 444 g/mol. The van der Waals surface area contributed by atoms with Crippen LogP contribution in [0.25, 0.3) is 0 Å². The van der Waals surface area contributed by atoms with Crippen LogP contribution in [0.3, 0.4) is 0 Å². The number of Topliss-reactive ketones (excluding diaryl/α,β-unsaturated/α-hetero) is 1. The second-order valence-electron chi connectivity index (χ2n) is 8.61. The minimum atomic E-state index is -0.906. The predicted molar refractivity (Wildman–Crippen MR) is 112 cm³/mol. The minimum Gasteiger partial charge on any atom is -0.457 e. The fourth-order valence-electron chi connectivity index (χ4n) is 4.44. The highest BCUT2D eigenvalue weighted by Crippen LogP contribution is 2.38. The van der Waals surface area contributed by atoms with Crippen LogP contribution in [0.5, 0.6) is 0 Å². The van der Waals surface area contributed by atoms with Crippen LogP contribution in [0.15, 0.2) is 24.3 Å². The van der Waals surface area contributed by atoms with Crippen molar-refractivity contribution in [1.82, 2.24) is 9.47 Å². The Hall–Kier alpha value is -3.03. The normalized spacial score (nSPS) is 16.8. The van der Waals surface area contributed by atoms with Crippen molar-refractivity contribution >= 4 is 17.7 Å². The Kier molecular flexibility index (Phi) is 6.13. The van der Waals surface area contributed by atoms with Crippen molar-refractivity contribution in [3.05, 3.63) is 58.4 Å². The lowest BCUT2D eigenvalue weighted by atomic mass is 9.96. The van der Waals surface area contributed by atoms with E-state index in [0.717, 1.165) is 36.4 Å². The van der Waals surface area contributed by atoms with Crippen LogP contribution in [-0.2, 0) is 9.53 Å². The Labute approximate surface area is 185 Å². The lowest BCUT2D eigenvalue weighted by Crippen LogP contribution is -2.41. The maximum Gasteiger partial charge on any atom is 0.309 e. The Morgan fingerprint density at radius 2 is 1.69 bits per heavy atom. The molecule has 2 fully saturated rings. The van der Waals surface area contributed by atoms with Crippen molar-refractivity contribution in [2.75, 3.05) is 19.7 Å². The maximum absolute atomic E-state index is 13.9. The molecule has 1 aromatic carbocycles. The fraction of sp³-hybridized carbons (Fsp3) is 0.458. The Morgan fingerprint density at radius 1 is 1.00 bits per heavy atom. The fourth-order valence-corrected chi connectivity index (χ4v) is 4.44. The van der Waals surface area contributed by atoms with Gasteiger partial charge in [-0.3, -0.25) is 14.4 Å². The van der Waals surface area contributed by atoms with E-state index in [2.05, 4.69) is 4.57 Å². The van der Waals surface area contributed by atoms with Crippen molar-refractivity contribution in [2.24, 2.45) is 5.92 Å². The molecule has 32 heavy (non-hydrogen) atoms. The lowest BCUT2D eigenvalue weighted by molar-refractivity contribution is -0.148. The highest BCUT2D eigenvalue weighted by atomic mass is 19.1. The van der Waals surface area contributed by atoms with Crippen molar-refractivity contribution in [1.29, 1.82) is 0 Å². The van der Waals surface area contributed by atoms with Gasteiger partial charge in [0.05, 0.1) is 11.5 Å². The summed E-state index contributed by atoms with van der Waals surface area (Å²) in [6.45, 7) is 4.09. The minimum absolute atomic E-state index is 0.193. The molecule has 1 amide bonds. The van der Waals surface area contributed by atoms with E-state index in [1.165, 1.54) is 4.90 Å². The third-order valence-corrected chi connectivity index (χ3v) is 6.32. The number of aromatic nitrogens is 1. The molecule has 1 aliphatic carbocycles. The van der Waals surface area contributed by atoms with Crippen molar-refractivity contribution in [3.63, 3.8) is 0 Å². The van der Waals surface area contributed by atoms with E-state index in [1.54, 1.807) is 0 Å². The summed E-state index contributed by atoms with van der Waals surface area (Å²) < 4.78 is 34.4. The van der Waals surface area contributed by atoms with Gasteiger partial charge in [-0.15, -0.1) is 0 Å². The van der Waals surface area contributed by atoms with Crippen molar-refractivity contribution < 1.29 is 27.9 Å². The molecule has 2 heterocycles. The van der Waals surface area contributed by atoms with Gasteiger partial charge >= 0.3 is 5.97 Å². The van der Waals surface area contributed by atoms with Gasteiger partial charge in [-0.1, -0.05) is 0 Å². The molecule has 1 saturated heterocycles. The van der Waals surface area contributed by atoms with Crippen LogP contribution in [0.4, 0.5) is 8.78 Å². The van der Waals surface area contributed by atoms with Gasteiger partial charge < -0.3 is 14.2 Å². The zero-order chi connectivity index (χ0) is 23.0. The molecular formula is C24H26F2N2O4. The number of esters is 1. The summed E-state index contributed by atoms with van der Waals surface area (Å²) in [6.07, 6.45) is 2.96. The Bertz CT molecular complexity index is 1070. The number of aryl methyl sites for hydroxylation is 1. The first-order valence-electron chi connectivity index (χ1n) is 10.9. The summed E-state index contributed by atoms with van der Waals surface area (Å²) in [5.41, 5.74) is 2.34. The van der Waals surface area contributed by atoms with E-state index < -0.39 is 29.4 Å². The number of ketones is 1. The summed E-state index contributed by atoms with van der Waals surface area (Å²) in [5.74, 6) is -3.30. The molecule has 0 spiro atoms. The number of ether oxygens (including phenoxy) is 1. The van der Waals surface area contributed by atoms with Crippen LogP contribution in [0, 0.1) is 31.4 Å². The molecular weight excluding hydrogens is 418 g/mol. The van der Waals surface area contributed by atoms with E-state index in [4.69, 9.17) is 4.74 Å². The molecule has 8 heteroatoms. The maximum atomic E-state index is 13.9. The summed E-state index contributed by atoms with van der Waals surface area (Å²) in [5, 5.41) is 0. The molecule has 1 aromatic heterocycles. The third-order valence-electron chi connectivity index (χ3n) is 6.32. The van der Waals surface area contributed by atoms with Crippen LogP contribution in [0.1, 0.15) is 63.8 Å². The van der Waals surface area contributed by atoms with Gasteiger partial charge in [0, 0.05) is 42.1 Å². The standard InChI is InChI=1S/C24H26F2N2O4/c1-14-11-20(15(2)28(14)18-4-5-18)22(29)13-32-24(31)16-7-9-27(10-8-16)23(30)19-6-3-17(25)12-21(19)26/h3,6,11-12,16,18H,4-5,7-10,13H2,1-2H3. The first kappa shape index (κ1) is 22.2. The molecule has 1 saturated carbocycles. The molecule has 4 rings (SSSR count). The summed E-state index contributed by atoms with van der Waals surface area (Å²) >= 11 is 0. The predicted octanol–water partition coefficient (Wildman–Crippen LogP) is 4.00. The number of likely N-dealkylation sites (tertiary alicyclic amines) is 1. The molecule has 0 atom stereocenters. The van der Waals surface area contributed by atoms with Gasteiger partial charge in [0.15, 0.2) is 6.61 Å². The molecule has 170 valence electrons. The number of carbonyl (C=O) groups excluding carboxylic acids is 3. The van der Waals surface area contributed by atoms with E-state index in [-0.39, 0.29) is 31.0 Å². The molecule has 2 aliphatic rings. The van der Waals surface area contributed by atoms with Gasteiger partial charge in [-0.25, -0.2) is 8.78 Å². The molecule has 6 nitrogen and oxygen atoms in total. The Balaban J connectivity index is 1.29. The quantitative estimate of drug-likeness (QED) is 0.499. The summed E-state index contributed by atoms with van der Waals surface area (Å²) in [4.78, 5) is 39.0. The third kappa shape index (κ3) is 4.45. The molecule has 2 aromatic rings. The number of carbonyl (C=O) groups is 3. The van der Waals surface area contributed by atoms with E-state index in [9.17, 15) is 23.2 Å². The average Bonchev–Trinajstić information content (AvgIpc) is 3.55. The topological polar surface area (TPSA) is 68.6 Å². The number of nitrogens with zero attached hydrogens (tertiary/aromatic N) is 2. The van der Waals surface area contributed by atoms with Crippen LogP contribution < -0.4 is 0 Å². The van der Waals surface area contributed by atoms with E-state index in [0.29, 0.717) is 30.5 Å². The first-order chi connectivity index (χ1) is 15.3. The van der Waals surface area contributed by atoms with Gasteiger partial charge in [-0.2, -0.15) is 0 Å². The van der Waals surface area contributed by atoms with E-state index in [1.807, 2.05) is 19.9 Å². The van der Waals surface area contributed by atoms with Crippen molar-refractivity contribution in [3.8, 4) is 0 Å². The number of halogens is 2. The smallest absolute Gasteiger partial charge is 0.309 e. The first-order valence-corrected chi connectivity index (χ1v) is 10.9. The second kappa shape index (κ2) is 8.84. The van der Waals surface area contributed by atoms with Crippen LogP contribution in [-0.4, -0.2) is 46.8 Å². The Morgan fingerprint density at radius 3 is 2.31 bits per heavy atom. The SMILES string of the molecule is Cc1cc(C(=O)COC(=O)C2CCN(C(=O)c3ccc(F)cc3F)CC2)c(C)n1C1CC1. The summed E-state index contributed by atoms with van der Waals surface area (Å²) in [7, 11) is 0. The molecule has 1 aliphatic heterocycles. The summed E-state index contributed by atoms with van der Waals surface area (Å²) in [6, 6.07) is 5.16. The lowest BCUT2D eigenvalue weighted by Gasteiger charge is -2.31. The number of hydrogen-bond donors (Lipinski definition) is 0. The average molecular weight is 444 g/mol. The number of hydrogen-bond acceptors (Lipinski definition) is 4. The molecule has 0 bridgehead atoms. The zero-order valence-electron chi connectivity index (χ0n) is 18.2. The van der Waals surface area contributed by atoms with Crippen molar-refractivity contribution in [2.45, 2.75) is 45.6 Å². The highest BCUT2D eigenvalue weighted by Gasteiger charge is 2.31. The number of benzene rings is 1. The van der Waals surface area contributed by atoms with Crippen LogP contribution in [0.2, 0.25) is 0 Å². The zero-order valence-corrected chi connectivity index (χ0v) is 18.2. The van der Waals surface area contributed by atoms with Gasteiger partial charge in [-0.05, 0) is 57.7 Å². The molecule has 0 N–H and O–H groups in total. The molecule has 0 unspecified atom stereocenters. The second-order valence-corrected chi connectivity index (χ2v) is 8.61. The molecule has 0 radical (unpaired) electrons. The van der Waals surface area contributed by atoms with Crippen LogP contribution >= 0.6 is 0 Å². The largest absolute Gasteiger partial charge is 0.457 e. The number of amides is 1. The van der Waals surface area contributed by atoms with Gasteiger partial charge in [0.25, 0.3) is 5.91 Å². The van der Waals surface area contributed by atoms with E-state index >= 15 is 0 Å². The van der Waals surface area contributed by atoms with Gasteiger partial charge in [0.1, 0.15) is 11.6 Å². The number of rotatable bonds is 6.